The van der Waals surface area contributed by atoms with E-state index >= 15 is 0 Å². The number of nitro groups is 1. The molecule has 0 aliphatic heterocycles. The van der Waals surface area contributed by atoms with E-state index in [-0.39, 0.29) is 17.4 Å². The number of sulfone groups is 1. The monoisotopic (exact) mass is 295 g/mol. The fourth-order valence-corrected chi connectivity index (χ4v) is 2.77. The van der Waals surface area contributed by atoms with E-state index in [0.29, 0.717) is 11.1 Å². The van der Waals surface area contributed by atoms with E-state index < -0.39 is 14.8 Å². The van der Waals surface area contributed by atoms with E-state index in [1.807, 2.05) is 0 Å². The van der Waals surface area contributed by atoms with Crippen LogP contribution in [0.5, 0.6) is 0 Å². The lowest BCUT2D eigenvalue weighted by Gasteiger charge is -2.09. The van der Waals surface area contributed by atoms with Crippen molar-refractivity contribution in [3.63, 3.8) is 0 Å². The van der Waals surface area contributed by atoms with Gasteiger partial charge in [-0.3, -0.25) is 10.1 Å². The molecule has 0 aliphatic carbocycles. The van der Waals surface area contributed by atoms with Crippen LogP contribution in [0.4, 0.5) is 5.69 Å². The van der Waals surface area contributed by atoms with E-state index in [2.05, 4.69) is 4.98 Å². The quantitative estimate of drug-likeness (QED) is 0.630. The summed E-state index contributed by atoms with van der Waals surface area (Å²) in [4.78, 5) is 14.3. The Balaban J connectivity index is 2.44. The Labute approximate surface area is 116 Å². The molecule has 0 N–H and O–H groups in total. The molecule has 0 fully saturated rings. The molecular weight excluding hydrogens is 282 g/mol. The van der Waals surface area contributed by atoms with Gasteiger partial charge in [0.05, 0.1) is 11.5 Å². The molecule has 0 unspecified atom stereocenters. The summed E-state index contributed by atoms with van der Waals surface area (Å²) in [6.45, 7) is 1.86. The Bertz CT molecular complexity index is 765. The third-order valence-electron chi connectivity index (χ3n) is 2.96. The molecule has 8 heteroatoms. The largest absolute Gasteiger partial charge is 0.318 e. The summed E-state index contributed by atoms with van der Waals surface area (Å²) in [5, 5.41) is 10.8. The molecule has 106 valence electrons. The highest BCUT2D eigenvalue weighted by Gasteiger charge is 2.17. The molecule has 0 bridgehead atoms. The number of nitrogens with zero attached hydrogens (tertiary/aromatic N) is 3. The number of hydrogen-bond acceptors (Lipinski definition) is 5. The molecule has 0 saturated carbocycles. The molecule has 1 aromatic carbocycles. The summed E-state index contributed by atoms with van der Waals surface area (Å²) in [5.41, 5.74) is 1.22. The van der Waals surface area contributed by atoms with Gasteiger partial charge in [0.15, 0.2) is 0 Å². The van der Waals surface area contributed by atoms with Gasteiger partial charge in [0, 0.05) is 30.3 Å². The number of benzene rings is 1. The predicted octanol–water partition coefficient (Wildman–Crippen LogP) is 1.55. The van der Waals surface area contributed by atoms with Crippen molar-refractivity contribution in [2.45, 2.75) is 18.6 Å². The lowest BCUT2D eigenvalue weighted by atomic mass is 10.1. The minimum atomic E-state index is -3.43. The summed E-state index contributed by atoms with van der Waals surface area (Å²) >= 11 is 0. The van der Waals surface area contributed by atoms with Crippen LogP contribution in [-0.4, -0.2) is 29.1 Å². The van der Waals surface area contributed by atoms with Gasteiger partial charge in [-0.25, -0.2) is 13.4 Å². The van der Waals surface area contributed by atoms with Gasteiger partial charge in [-0.05, 0) is 12.5 Å². The first kappa shape index (κ1) is 14.2. The van der Waals surface area contributed by atoms with Crippen LogP contribution < -0.4 is 0 Å². The summed E-state index contributed by atoms with van der Waals surface area (Å²) in [6, 6.07) is 4.73. The predicted molar refractivity (Wildman–Crippen MR) is 72.3 cm³/mol. The Hall–Kier alpha value is -2.22. The maximum absolute atomic E-state index is 11.6. The number of rotatable bonds is 4. The molecule has 20 heavy (non-hydrogen) atoms. The zero-order chi connectivity index (χ0) is 14.9. The fourth-order valence-electron chi connectivity index (χ4n) is 1.97. The van der Waals surface area contributed by atoms with Crippen molar-refractivity contribution < 1.29 is 13.3 Å². The zero-order valence-electron chi connectivity index (χ0n) is 11.0. The molecule has 1 heterocycles. The maximum Gasteiger partial charge on any atom is 0.272 e. The summed E-state index contributed by atoms with van der Waals surface area (Å²) in [6.07, 6.45) is 4.00. The van der Waals surface area contributed by atoms with Crippen LogP contribution in [0.1, 0.15) is 11.1 Å². The molecule has 0 amide bonds. The lowest BCUT2D eigenvalue weighted by molar-refractivity contribution is -0.385. The number of aromatic nitrogens is 2. The van der Waals surface area contributed by atoms with Crippen molar-refractivity contribution in [1.29, 1.82) is 0 Å². The molecule has 0 radical (unpaired) electrons. The molecule has 0 aliphatic rings. The van der Waals surface area contributed by atoms with Crippen LogP contribution >= 0.6 is 0 Å². The smallest absolute Gasteiger partial charge is 0.272 e. The van der Waals surface area contributed by atoms with Gasteiger partial charge in [0.1, 0.15) is 0 Å². The van der Waals surface area contributed by atoms with Crippen molar-refractivity contribution >= 4 is 15.5 Å². The van der Waals surface area contributed by atoms with Crippen LogP contribution in [0.2, 0.25) is 0 Å². The van der Waals surface area contributed by atoms with Crippen LogP contribution in [0.25, 0.3) is 0 Å². The van der Waals surface area contributed by atoms with Crippen molar-refractivity contribution in [3.05, 3.63) is 51.8 Å². The van der Waals surface area contributed by atoms with Crippen molar-refractivity contribution in [2.75, 3.05) is 6.26 Å². The number of imidazole rings is 1. The highest BCUT2D eigenvalue weighted by atomic mass is 32.2. The highest BCUT2D eigenvalue weighted by Crippen LogP contribution is 2.22. The zero-order valence-corrected chi connectivity index (χ0v) is 11.8. The topological polar surface area (TPSA) is 95.1 Å². The van der Waals surface area contributed by atoms with E-state index in [1.165, 1.54) is 23.0 Å². The highest BCUT2D eigenvalue weighted by molar-refractivity contribution is 7.90. The van der Waals surface area contributed by atoms with Gasteiger partial charge in [-0.15, -0.1) is 0 Å². The molecule has 2 aromatic rings. The van der Waals surface area contributed by atoms with E-state index in [1.54, 1.807) is 19.1 Å². The van der Waals surface area contributed by atoms with Gasteiger partial charge < -0.3 is 4.57 Å². The second-order valence-corrected chi connectivity index (χ2v) is 6.34. The summed E-state index contributed by atoms with van der Waals surface area (Å²) in [5.74, 6) is 0. The Morgan fingerprint density at radius 2 is 2.10 bits per heavy atom. The second-order valence-electron chi connectivity index (χ2n) is 4.43. The van der Waals surface area contributed by atoms with E-state index in [4.69, 9.17) is 0 Å². The fraction of sp³-hybridized carbons (Fsp3) is 0.250. The van der Waals surface area contributed by atoms with Crippen LogP contribution in [-0.2, 0) is 16.4 Å². The standard InChI is InChI=1S/C12H13N3O4S/c1-9-10(4-3-5-11(9)15(16)17)8-14-7-6-13-12(14)20(2,18)19/h3-7H,8H2,1-2H3. The SMILES string of the molecule is Cc1c(Cn2ccnc2S(C)(=O)=O)cccc1[N+](=O)[O-]. The number of nitro benzene ring substituents is 1. The Kier molecular flexibility index (Phi) is 3.58. The minimum Gasteiger partial charge on any atom is -0.318 e. The van der Waals surface area contributed by atoms with Gasteiger partial charge in [-0.1, -0.05) is 12.1 Å². The van der Waals surface area contributed by atoms with Crippen molar-refractivity contribution in [2.24, 2.45) is 0 Å². The average Bonchev–Trinajstić information content (AvgIpc) is 2.79. The molecule has 0 spiro atoms. The van der Waals surface area contributed by atoms with Crippen LogP contribution in [0.3, 0.4) is 0 Å². The summed E-state index contributed by atoms with van der Waals surface area (Å²) < 4.78 is 24.6. The Morgan fingerprint density at radius 1 is 1.40 bits per heavy atom. The first-order valence-corrected chi connectivity index (χ1v) is 7.64. The minimum absolute atomic E-state index is 0.0171. The van der Waals surface area contributed by atoms with Gasteiger partial charge >= 0.3 is 0 Å². The van der Waals surface area contributed by atoms with Crippen molar-refractivity contribution in [1.82, 2.24) is 9.55 Å². The average molecular weight is 295 g/mol. The van der Waals surface area contributed by atoms with E-state index in [0.717, 1.165) is 6.26 Å². The second kappa shape index (κ2) is 5.04. The normalized spacial score (nSPS) is 11.5. The molecular formula is C12H13N3O4S. The Morgan fingerprint density at radius 3 is 2.70 bits per heavy atom. The molecule has 0 saturated heterocycles. The van der Waals surface area contributed by atoms with Gasteiger partial charge in [-0.2, -0.15) is 0 Å². The first-order valence-electron chi connectivity index (χ1n) is 5.75. The third kappa shape index (κ3) is 2.69. The molecule has 2 rings (SSSR count). The molecule has 0 atom stereocenters. The maximum atomic E-state index is 11.6. The van der Waals surface area contributed by atoms with Gasteiger partial charge in [0.25, 0.3) is 5.69 Å². The molecule has 7 nitrogen and oxygen atoms in total. The van der Waals surface area contributed by atoms with Gasteiger partial charge in [0.2, 0.25) is 15.0 Å². The number of hydrogen-bond donors (Lipinski definition) is 0. The van der Waals surface area contributed by atoms with Crippen LogP contribution in [0, 0.1) is 17.0 Å². The third-order valence-corrected chi connectivity index (χ3v) is 3.97. The lowest BCUT2D eigenvalue weighted by Crippen LogP contribution is -2.10. The van der Waals surface area contributed by atoms with Crippen LogP contribution in [0.15, 0.2) is 35.7 Å². The molecule has 1 aromatic heterocycles. The first-order chi connectivity index (χ1) is 9.30. The van der Waals surface area contributed by atoms with Crippen molar-refractivity contribution in [3.8, 4) is 0 Å². The van der Waals surface area contributed by atoms with E-state index in [9.17, 15) is 18.5 Å². The summed E-state index contributed by atoms with van der Waals surface area (Å²) in [7, 11) is -3.43.